The van der Waals surface area contributed by atoms with E-state index in [1.54, 1.807) is 12.4 Å². The Morgan fingerprint density at radius 3 is 2.80 bits per heavy atom. The summed E-state index contributed by atoms with van der Waals surface area (Å²) in [5.74, 6) is 0.0141. The number of carbonyl (C=O) groups is 1. The van der Waals surface area contributed by atoms with Crippen LogP contribution >= 0.6 is 15.9 Å². The van der Waals surface area contributed by atoms with Crippen LogP contribution in [0.4, 0.5) is 0 Å². The number of nitrogens with one attached hydrogen (secondary N) is 1. The Hall–Kier alpha value is -1.63. The molecule has 2 rings (SSSR count). The van der Waals surface area contributed by atoms with Crippen molar-refractivity contribution in [1.82, 2.24) is 24.9 Å². The number of carbonyl (C=O) groups excluding carboxylic acids is 1. The summed E-state index contributed by atoms with van der Waals surface area (Å²) < 4.78 is 4.62. The molecule has 0 atom stereocenters. The van der Waals surface area contributed by atoms with E-state index in [1.165, 1.54) is 0 Å². The highest BCUT2D eigenvalue weighted by atomic mass is 79.9. The van der Waals surface area contributed by atoms with Gasteiger partial charge >= 0.3 is 0 Å². The van der Waals surface area contributed by atoms with Crippen molar-refractivity contribution in [2.24, 2.45) is 0 Å². The van der Waals surface area contributed by atoms with E-state index in [9.17, 15) is 4.79 Å². The lowest BCUT2D eigenvalue weighted by Crippen LogP contribution is -2.24. The summed E-state index contributed by atoms with van der Waals surface area (Å²) in [5, 5.41) is 11.3. The van der Waals surface area contributed by atoms with Crippen molar-refractivity contribution < 1.29 is 4.79 Å². The van der Waals surface area contributed by atoms with E-state index in [2.05, 4.69) is 31.4 Å². The topological polar surface area (TPSA) is 64.7 Å². The molecule has 6 nitrogen and oxygen atoms in total. The zero-order valence-electron chi connectivity index (χ0n) is 11.6. The summed E-state index contributed by atoms with van der Waals surface area (Å²) in [7, 11) is 0. The Balaban J connectivity index is 1.77. The van der Waals surface area contributed by atoms with E-state index in [4.69, 9.17) is 0 Å². The second-order valence-electron chi connectivity index (χ2n) is 4.53. The van der Waals surface area contributed by atoms with E-state index >= 15 is 0 Å². The van der Waals surface area contributed by atoms with Crippen molar-refractivity contribution >= 4 is 21.8 Å². The molecule has 0 saturated heterocycles. The average Bonchev–Trinajstić information content (AvgIpc) is 3.03. The van der Waals surface area contributed by atoms with Crippen LogP contribution in [0.3, 0.4) is 0 Å². The number of aryl methyl sites for hydroxylation is 2. The van der Waals surface area contributed by atoms with Gasteiger partial charge in [0.15, 0.2) is 0 Å². The van der Waals surface area contributed by atoms with Crippen LogP contribution in [0.25, 0.3) is 0 Å². The number of hydrogen-bond donors (Lipinski definition) is 1. The molecule has 0 aromatic carbocycles. The molecule has 0 aliphatic rings. The Labute approximate surface area is 126 Å². The van der Waals surface area contributed by atoms with Crippen molar-refractivity contribution in [1.29, 1.82) is 0 Å². The van der Waals surface area contributed by atoms with E-state index in [0.717, 1.165) is 22.3 Å². The lowest BCUT2D eigenvalue weighted by Gasteiger charge is -2.05. The van der Waals surface area contributed by atoms with Crippen LogP contribution in [-0.4, -0.2) is 25.5 Å². The number of hydrogen-bond acceptors (Lipinski definition) is 3. The van der Waals surface area contributed by atoms with Gasteiger partial charge in [0.2, 0.25) is 5.91 Å². The first-order valence-corrected chi connectivity index (χ1v) is 7.35. The number of nitrogens with zero attached hydrogens (tertiary/aromatic N) is 4. The molecule has 0 bridgehead atoms. The highest BCUT2D eigenvalue weighted by molar-refractivity contribution is 9.10. The van der Waals surface area contributed by atoms with Gasteiger partial charge in [-0.15, -0.1) is 0 Å². The van der Waals surface area contributed by atoms with Gasteiger partial charge < -0.3 is 5.32 Å². The summed E-state index contributed by atoms with van der Waals surface area (Å²) in [5.41, 5.74) is 2.04. The molecule has 7 heteroatoms. The molecule has 1 N–H and O–H groups in total. The van der Waals surface area contributed by atoms with Gasteiger partial charge in [-0.3, -0.25) is 14.2 Å². The molecule has 108 valence electrons. The number of amides is 1. The molecule has 0 saturated carbocycles. The largest absolute Gasteiger partial charge is 0.352 e. The van der Waals surface area contributed by atoms with Crippen LogP contribution in [0.5, 0.6) is 0 Å². The molecule has 0 spiro atoms. The summed E-state index contributed by atoms with van der Waals surface area (Å²) >= 11 is 3.40. The predicted molar refractivity (Wildman–Crippen MR) is 79.0 cm³/mol. The quantitative estimate of drug-likeness (QED) is 0.873. The van der Waals surface area contributed by atoms with Gasteiger partial charge in [0.25, 0.3) is 0 Å². The Kier molecular flexibility index (Phi) is 4.94. The van der Waals surface area contributed by atoms with Gasteiger partial charge in [-0.1, -0.05) is 0 Å². The van der Waals surface area contributed by atoms with Gasteiger partial charge in [0.1, 0.15) is 0 Å². The van der Waals surface area contributed by atoms with Crippen molar-refractivity contribution in [3.8, 4) is 0 Å². The van der Waals surface area contributed by atoms with Gasteiger partial charge in [0.05, 0.1) is 16.9 Å². The van der Waals surface area contributed by atoms with E-state index < -0.39 is 0 Å². The zero-order valence-corrected chi connectivity index (χ0v) is 13.2. The fraction of sp³-hybridized carbons (Fsp3) is 0.462. The maximum absolute atomic E-state index is 11.8. The molecular formula is C13H18BrN5O. The maximum Gasteiger partial charge on any atom is 0.222 e. The third-order valence-corrected chi connectivity index (χ3v) is 3.87. The summed E-state index contributed by atoms with van der Waals surface area (Å²) in [6.07, 6.45) is 5.87. The average molecular weight is 340 g/mol. The van der Waals surface area contributed by atoms with Gasteiger partial charge in [-0.05, 0) is 29.8 Å². The van der Waals surface area contributed by atoms with Gasteiger partial charge in [-0.25, -0.2) is 0 Å². The maximum atomic E-state index is 11.8. The van der Waals surface area contributed by atoms with E-state index in [-0.39, 0.29) is 5.91 Å². The Morgan fingerprint density at radius 1 is 1.40 bits per heavy atom. The van der Waals surface area contributed by atoms with E-state index in [1.807, 2.05) is 29.4 Å². The molecule has 0 aliphatic carbocycles. The number of halogens is 1. The Morgan fingerprint density at radius 2 is 2.20 bits per heavy atom. The standard InChI is InChI=1S/C13H18BrN5O/c1-3-18-9-11(7-16-18)6-15-13(20)4-5-19-10(2)12(14)8-17-19/h7-9H,3-6H2,1-2H3,(H,15,20). The normalized spacial score (nSPS) is 10.8. The lowest BCUT2D eigenvalue weighted by molar-refractivity contribution is -0.121. The molecule has 20 heavy (non-hydrogen) atoms. The third kappa shape index (κ3) is 3.69. The molecule has 0 unspecified atom stereocenters. The smallest absolute Gasteiger partial charge is 0.222 e. The zero-order chi connectivity index (χ0) is 14.5. The lowest BCUT2D eigenvalue weighted by atomic mass is 10.3. The molecule has 1 amide bonds. The summed E-state index contributed by atoms with van der Waals surface area (Å²) in [6.45, 7) is 5.92. The number of aromatic nitrogens is 4. The monoisotopic (exact) mass is 339 g/mol. The fourth-order valence-corrected chi connectivity index (χ4v) is 2.11. The van der Waals surface area contributed by atoms with Crippen LogP contribution in [0.1, 0.15) is 24.6 Å². The summed E-state index contributed by atoms with van der Waals surface area (Å²) in [4.78, 5) is 11.8. The Bertz CT molecular complexity index is 589. The minimum Gasteiger partial charge on any atom is -0.352 e. The van der Waals surface area contributed by atoms with Gasteiger partial charge in [-0.2, -0.15) is 10.2 Å². The molecule has 2 heterocycles. The minimum atomic E-state index is 0.0141. The second-order valence-corrected chi connectivity index (χ2v) is 5.39. The fourth-order valence-electron chi connectivity index (χ4n) is 1.82. The SMILES string of the molecule is CCn1cc(CNC(=O)CCn2ncc(Br)c2C)cn1. The first kappa shape index (κ1) is 14.8. The van der Waals surface area contributed by atoms with Crippen LogP contribution in [0.15, 0.2) is 23.1 Å². The minimum absolute atomic E-state index is 0.0141. The predicted octanol–water partition coefficient (Wildman–Crippen LogP) is 1.88. The van der Waals surface area contributed by atoms with Crippen molar-refractivity contribution in [3.05, 3.63) is 34.3 Å². The van der Waals surface area contributed by atoms with Crippen molar-refractivity contribution in [3.63, 3.8) is 0 Å². The van der Waals surface area contributed by atoms with E-state index in [0.29, 0.717) is 19.5 Å². The highest BCUT2D eigenvalue weighted by Gasteiger charge is 2.07. The molecule has 0 radical (unpaired) electrons. The van der Waals surface area contributed by atoms with Crippen LogP contribution in [0, 0.1) is 6.92 Å². The molecule has 2 aromatic heterocycles. The van der Waals surface area contributed by atoms with Crippen molar-refractivity contribution in [2.45, 2.75) is 39.9 Å². The van der Waals surface area contributed by atoms with Crippen molar-refractivity contribution in [2.75, 3.05) is 0 Å². The first-order valence-electron chi connectivity index (χ1n) is 6.56. The third-order valence-electron chi connectivity index (χ3n) is 3.09. The second kappa shape index (κ2) is 6.69. The van der Waals surface area contributed by atoms with Gasteiger partial charge in [0, 0.05) is 43.5 Å². The van der Waals surface area contributed by atoms with Crippen LogP contribution in [-0.2, 0) is 24.4 Å². The first-order chi connectivity index (χ1) is 9.60. The summed E-state index contributed by atoms with van der Waals surface area (Å²) in [6, 6.07) is 0. The highest BCUT2D eigenvalue weighted by Crippen LogP contribution is 2.14. The molecular weight excluding hydrogens is 322 g/mol. The van der Waals surface area contributed by atoms with Crippen LogP contribution < -0.4 is 5.32 Å². The molecule has 2 aromatic rings. The molecule has 0 aliphatic heterocycles. The number of rotatable bonds is 6. The molecule has 0 fully saturated rings. The van der Waals surface area contributed by atoms with Crippen LogP contribution in [0.2, 0.25) is 0 Å².